The van der Waals surface area contributed by atoms with Gasteiger partial charge in [-0.25, -0.2) is 0 Å². The van der Waals surface area contributed by atoms with Crippen LogP contribution in [-0.2, 0) is 0 Å². The largest absolute Gasteiger partial charge is 0.491 e. The van der Waals surface area contributed by atoms with Gasteiger partial charge in [0.05, 0.1) is 6.04 Å². The van der Waals surface area contributed by atoms with Gasteiger partial charge in [-0.2, -0.15) is 0 Å². The standard InChI is InChI=1S/C10H11NO/c1-2-7-3-4-10-8(5-7)9(11)6-12-10/h2-5,9H,1,6,11H2/t9-/m0/s1. The summed E-state index contributed by atoms with van der Waals surface area (Å²) in [6, 6.07) is 5.98. The zero-order valence-corrected chi connectivity index (χ0v) is 6.79. The van der Waals surface area contributed by atoms with Crippen LogP contribution in [0.15, 0.2) is 24.8 Å². The molecule has 2 heteroatoms. The van der Waals surface area contributed by atoms with Crippen molar-refractivity contribution < 1.29 is 4.74 Å². The summed E-state index contributed by atoms with van der Waals surface area (Å²) in [5.41, 5.74) is 7.99. The van der Waals surface area contributed by atoms with Crippen LogP contribution < -0.4 is 10.5 Å². The predicted molar refractivity (Wildman–Crippen MR) is 49.0 cm³/mol. The summed E-state index contributed by atoms with van der Waals surface area (Å²) in [5.74, 6) is 0.910. The molecule has 0 spiro atoms. The van der Waals surface area contributed by atoms with E-state index in [-0.39, 0.29) is 6.04 Å². The third kappa shape index (κ3) is 1.01. The highest BCUT2D eigenvalue weighted by Crippen LogP contribution is 2.31. The Bertz CT molecular complexity index is 320. The summed E-state index contributed by atoms with van der Waals surface area (Å²) in [5, 5.41) is 0. The molecule has 2 N–H and O–H groups in total. The summed E-state index contributed by atoms with van der Waals surface area (Å²) in [7, 11) is 0. The summed E-state index contributed by atoms with van der Waals surface area (Å²) >= 11 is 0. The van der Waals surface area contributed by atoms with Crippen molar-refractivity contribution in [2.24, 2.45) is 5.73 Å². The summed E-state index contributed by atoms with van der Waals surface area (Å²) < 4.78 is 5.35. The minimum atomic E-state index is 0.0277. The first-order chi connectivity index (χ1) is 5.81. The predicted octanol–water partition coefficient (Wildman–Crippen LogP) is 1.72. The Morgan fingerprint density at radius 1 is 1.58 bits per heavy atom. The molecule has 0 unspecified atom stereocenters. The Hall–Kier alpha value is -1.28. The van der Waals surface area contributed by atoms with Gasteiger partial charge in [-0.3, -0.25) is 0 Å². The van der Waals surface area contributed by atoms with Crippen LogP contribution in [0.5, 0.6) is 5.75 Å². The molecule has 1 heterocycles. The maximum Gasteiger partial charge on any atom is 0.124 e. The van der Waals surface area contributed by atoms with E-state index in [4.69, 9.17) is 10.5 Å². The highest BCUT2D eigenvalue weighted by molar-refractivity contribution is 5.53. The molecule has 1 atom stereocenters. The van der Waals surface area contributed by atoms with E-state index in [2.05, 4.69) is 6.58 Å². The molecule has 1 aromatic rings. The van der Waals surface area contributed by atoms with E-state index in [9.17, 15) is 0 Å². The van der Waals surface area contributed by atoms with Gasteiger partial charge in [-0.15, -0.1) is 0 Å². The fraction of sp³-hybridized carbons (Fsp3) is 0.200. The highest BCUT2D eigenvalue weighted by Gasteiger charge is 2.19. The molecule has 0 bridgehead atoms. The van der Waals surface area contributed by atoms with Crippen LogP contribution in [0.3, 0.4) is 0 Å². The van der Waals surface area contributed by atoms with Crippen LogP contribution >= 0.6 is 0 Å². The van der Waals surface area contributed by atoms with E-state index >= 15 is 0 Å². The van der Waals surface area contributed by atoms with Crippen molar-refractivity contribution in [3.63, 3.8) is 0 Å². The summed E-state index contributed by atoms with van der Waals surface area (Å²) in [6.07, 6.45) is 1.81. The molecule has 0 amide bonds. The minimum Gasteiger partial charge on any atom is -0.491 e. The van der Waals surface area contributed by atoms with Crippen LogP contribution in [0.25, 0.3) is 6.08 Å². The van der Waals surface area contributed by atoms with E-state index in [1.807, 2.05) is 24.3 Å². The number of benzene rings is 1. The molecule has 0 saturated carbocycles. The van der Waals surface area contributed by atoms with E-state index in [1.165, 1.54) is 0 Å². The third-order valence-electron chi connectivity index (χ3n) is 2.09. The van der Waals surface area contributed by atoms with Gasteiger partial charge in [0.1, 0.15) is 12.4 Å². The first-order valence-electron chi connectivity index (χ1n) is 3.96. The lowest BCUT2D eigenvalue weighted by Crippen LogP contribution is -2.10. The van der Waals surface area contributed by atoms with Gasteiger partial charge in [0.25, 0.3) is 0 Å². The Morgan fingerprint density at radius 3 is 3.17 bits per heavy atom. The molecule has 0 aromatic heterocycles. The molecule has 12 heavy (non-hydrogen) atoms. The average molecular weight is 161 g/mol. The number of fused-ring (bicyclic) bond motifs is 1. The minimum absolute atomic E-state index is 0.0277. The Balaban J connectivity index is 2.50. The van der Waals surface area contributed by atoms with Crippen molar-refractivity contribution in [2.75, 3.05) is 6.61 Å². The third-order valence-corrected chi connectivity index (χ3v) is 2.09. The first-order valence-corrected chi connectivity index (χ1v) is 3.96. The molecule has 0 radical (unpaired) electrons. The van der Waals surface area contributed by atoms with Crippen molar-refractivity contribution in [2.45, 2.75) is 6.04 Å². The van der Waals surface area contributed by atoms with E-state index in [1.54, 1.807) is 0 Å². The van der Waals surface area contributed by atoms with Gasteiger partial charge in [0.2, 0.25) is 0 Å². The molecule has 0 aliphatic carbocycles. The lowest BCUT2D eigenvalue weighted by molar-refractivity contribution is 0.333. The molecule has 0 fully saturated rings. The van der Waals surface area contributed by atoms with E-state index in [0.29, 0.717) is 6.61 Å². The Kier molecular flexibility index (Phi) is 1.62. The molecule has 2 rings (SSSR count). The number of nitrogens with two attached hydrogens (primary N) is 1. The van der Waals surface area contributed by atoms with Gasteiger partial charge >= 0.3 is 0 Å². The fourth-order valence-corrected chi connectivity index (χ4v) is 1.38. The second-order valence-electron chi connectivity index (χ2n) is 2.92. The SMILES string of the molecule is C=Cc1ccc2c(c1)[C@@H](N)CO2. The van der Waals surface area contributed by atoms with Crippen LogP contribution in [0, 0.1) is 0 Å². The molecule has 62 valence electrons. The van der Waals surface area contributed by atoms with Crippen molar-refractivity contribution in [3.05, 3.63) is 35.9 Å². The fourth-order valence-electron chi connectivity index (χ4n) is 1.38. The molecular weight excluding hydrogens is 150 g/mol. The number of ether oxygens (including phenoxy) is 1. The lowest BCUT2D eigenvalue weighted by atomic mass is 10.1. The number of rotatable bonds is 1. The average Bonchev–Trinajstić information content (AvgIpc) is 2.47. The van der Waals surface area contributed by atoms with Crippen LogP contribution in [-0.4, -0.2) is 6.61 Å². The lowest BCUT2D eigenvalue weighted by Gasteiger charge is -2.01. The maximum atomic E-state index is 5.81. The topological polar surface area (TPSA) is 35.2 Å². The van der Waals surface area contributed by atoms with Gasteiger partial charge in [0.15, 0.2) is 0 Å². The molecular formula is C10H11NO. The second-order valence-corrected chi connectivity index (χ2v) is 2.92. The van der Waals surface area contributed by atoms with Crippen LogP contribution in [0.1, 0.15) is 17.2 Å². The number of hydrogen-bond donors (Lipinski definition) is 1. The highest BCUT2D eigenvalue weighted by atomic mass is 16.5. The van der Waals surface area contributed by atoms with E-state index in [0.717, 1.165) is 16.9 Å². The van der Waals surface area contributed by atoms with Crippen LogP contribution in [0.2, 0.25) is 0 Å². The maximum absolute atomic E-state index is 5.81. The van der Waals surface area contributed by atoms with Crippen LogP contribution in [0.4, 0.5) is 0 Å². The molecule has 0 saturated heterocycles. The van der Waals surface area contributed by atoms with Crippen molar-refractivity contribution in [3.8, 4) is 5.75 Å². The van der Waals surface area contributed by atoms with Crippen molar-refractivity contribution in [1.82, 2.24) is 0 Å². The summed E-state index contributed by atoms with van der Waals surface area (Å²) in [6.45, 7) is 4.29. The summed E-state index contributed by atoms with van der Waals surface area (Å²) in [4.78, 5) is 0. The molecule has 2 nitrogen and oxygen atoms in total. The monoisotopic (exact) mass is 161 g/mol. The molecule has 1 aliphatic heterocycles. The zero-order chi connectivity index (χ0) is 8.55. The normalized spacial score (nSPS) is 19.9. The van der Waals surface area contributed by atoms with Gasteiger partial charge in [0, 0.05) is 5.56 Å². The van der Waals surface area contributed by atoms with Gasteiger partial charge in [-0.05, 0) is 17.7 Å². The number of hydrogen-bond acceptors (Lipinski definition) is 2. The van der Waals surface area contributed by atoms with Gasteiger partial charge < -0.3 is 10.5 Å². The Labute approximate surface area is 71.6 Å². The second kappa shape index (κ2) is 2.64. The van der Waals surface area contributed by atoms with Crippen molar-refractivity contribution in [1.29, 1.82) is 0 Å². The smallest absolute Gasteiger partial charge is 0.124 e. The molecule has 1 aliphatic rings. The molecule has 1 aromatic carbocycles. The van der Waals surface area contributed by atoms with Gasteiger partial charge in [-0.1, -0.05) is 18.7 Å². The Morgan fingerprint density at radius 2 is 2.42 bits per heavy atom. The zero-order valence-electron chi connectivity index (χ0n) is 6.79. The quantitative estimate of drug-likeness (QED) is 0.680. The van der Waals surface area contributed by atoms with Crippen molar-refractivity contribution >= 4 is 6.08 Å². The van der Waals surface area contributed by atoms with E-state index < -0.39 is 0 Å². The first kappa shape index (κ1) is 7.37.